The summed E-state index contributed by atoms with van der Waals surface area (Å²) < 4.78 is 0. The summed E-state index contributed by atoms with van der Waals surface area (Å²) >= 11 is 0. The van der Waals surface area contributed by atoms with Gasteiger partial charge in [0.25, 0.3) is 0 Å². The van der Waals surface area contributed by atoms with E-state index < -0.39 is 5.60 Å². The minimum absolute atomic E-state index is 0.440. The van der Waals surface area contributed by atoms with Gasteiger partial charge in [-0.15, -0.1) is 0 Å². The highest BCUT2D eigenvalue weighted by Gasteiger charge is 2.32. The van der Waals surface area contributed by atoms with Crippen LogP contribution in [0.15, 0.2) is 18.2 Å². The van der Waals surface area contributed by atoms with E-state index in [2.05, 4.69) is 25.1 Å². The van der Waals surface area contributed by atoms with Crippen LogP contribution in [0.2, 0.25) is 0 Å². The number of benzene rings is 1. The molecule has 3 rings (SSSR count). The molecule has 0 saturated heterocycles. The molecule has 0 amide bonds. The SMILES string of the molecule is CC1CCCC(O)(Cc2ccc3c(c2)CCC3)C1. The Morgan fingerprint density at radius 3 is 2.89 bits per heavy atom. The lowest BCUT2D eigenvalue weighted by Gasteiger charge is -2.35. The molecular weight excluding hydrogens is 220 g/mol. The van der Waals surface area contributed by atoms with Crippen molar-refractivity contribution in [3.8, 4) is 0 Å². The lowest BCUT2D eigenvalue weighted by Crippen LogP contribution is -2.36. The molecule has 1 saturated carbocycles. The van der Waals surface area contributed by atoms with Gasteiger partial charge in [-0.1, -0.05) is 38.0 Å². The fraction of sp³-hybridized carbons (Fsp3) is 0.647. The Labute approximate surface area is 110 Å². The highest BCUT2D eigenvalue weighted by atomic mass is 16.3. The molecule has 2 aliphatic carbocycles. The van der Waals surface area contributed by atoms with Crippen LogP contribution in [0.3, 0.4) is 0 Å². The molecule has 1 aromatic carbocycles. The van der Waals surface area contributed by atoms with Gasteiger partial charge in [-0.05, 0) is 54.7 Å². The maximum atomic E-state index is 10.7. The molecule has 0 spiro atoms. The number of aliphatic hydroxyl groups is 1. The number of hydrogen-bond acceptors (Lipinski definition) is 1. The molecular formula is C17H24O. The Bertz CT molecular complexity index is 437. The topological polar surface area (TPSA) is 20.2 Å². The van der Waals surface area contributed by atoms with Crippen LogP contribution < -0.4 is 0 Å². The van der Waals surface area contributed by atoms with E-state index in [1.807, 2.05) is 0 Å². The minimum atomic E-state index is -0.440. The summed E-state index contributed by atoms with van der Waals surface area (Å²) in [6.07, 6.45) is 9.06. The number of hydrogen-bond donors (Lipinski definition) is 1. The molecule has 1 heteroatoms. The molecule has 98 valence electrons. The van der Waals surface area contributed by atoms with Gasteiger partial charge < -0.3 is 5.11 Å². The third-order valence-electron chi connectivity index (χ3n) is 4.76. The Hall–Kier alpha value is -0.820. The van der Waals surface area contributed by atoms with Gasteiger partial charge in [-0.3, -0.25) is 0 Å². The van der Waals surface area contributed by atoms with Crippen LogP contribution in [0.4, 0.5) is 0 Å². The monoisotopic (exact) mass is 244 g/mol. The Morgan fingerprint density at radius 1 is 1.22 bits per heavy atom. The lowest BCUT2D eigenvalue weighted by atomic mass is 9.76. The van der Waals surface area contributed by atoms with E-state index in [1.54, 1.807) is 0 Å². The zero-order chi connectivity index (χ0) is 12.6. The van der Waals surface area contributed by atoms with Gasteiger partial charge in [0, 0.05) is 6.42 Å². The molecule has 0 aromatic heterocycles. The first-order valence-electron chi connectivity index (χ1n) is 7.48. The van der Waals surface area contributed by atoms with Gasteiger partial charge in [0.2, 0.25) is 0 Å². The molecule has 2 atom stereocenters. The van der Waals surface area contributed by atoms with E-state index in [9.17, 15) is 5.11 Å². The Kier molecular flexibility index (Phi) is 3.19. The zero-order valence-corrected chi connectivity index (χ0v) is 11.4. The first kappa shape index (κ1) is 12.2. The fourth-order valence-electron chi connectivity index (χ4n) is 3.91. The van der Waals surface area contributed by atoms with Crippen molar-refractivity contribution in [1.82, 2.24) is 0 Å². The highest BCUT2D eigenvalue weighted by Crippen LogP contribution is 2.35. The smallest absolute Gasteiger partial charge is 0.0690 e. The van der Waals surface area contributed by atoms with E-state index in [-0.39, 0.29) is 0 Å². The largest absolute Gasteiger partial charge is 0.390 e. The highest BCUT2D eigenvalue weighted by molar-refractivity contribution is 5.35. The summed E-state index contributed by atoms with van der Waals surface area (Å²) in [5.41, 5.74) is 3.96. The van der Waals surface area contributed by atoms with E-state index in [0.717, 1.165) is 19.3 Å². The van der Waals surface area contributed by atoms with Crippen LogP contribution in [0, 0.1) is 5.92 Å². The molecule has 0 bridgehead atoms. The van der Waals surface area contributed by atoms with Crippen LogP contribution in [-0.2, 0) is 19.3 Å². The molecule has 2 aliphatic rings. The van der Waals surface area contributed by atoms with Gasteiger partial charge in [0.05, 0.1) is 5.60 Å². The van der Waals surface area contributed by atoms with Gasteiger partial charge in [0.1, 0.15) is 0 Å². The van der Waals surface area contributed by atoms with Crippen molar-refractivity contribution in [2.24, 2.45) is 5.92 Å². The summed E-state index contributed by atoms with van der Waals surface area (Å²) in [5, 5.41) is 10.7. The van der Waals surface area contributed by atoms with Crippen molar-refractivity contribution >= 4 is 0 Å². The second kappa shape index (κ2) is 4.70. The Balaban J connectivity index is 1.75. The molecule has 18 heavy (non-hydrogen) atoms. The van der Waals surface area contributed by atoms with Crippen LogP contribution in [0.5, 0.6) is 0 Å². The first-order valence-corrected chi connectivity index (χ1v) is 7.48. The van der Waals surface area contributed by atoms with E-state index in [1.165, 1.54) is 48.8 Å². The minimum Gasteiger partial charge on any atom is -0.390 e. The average molecular weight is 244 g/mol. The molecule has 1 aromatic rings. The average Bonchev–Trinajstić information content (AvgIpc) is 2.75. The van der Waals surface area contributed by atoms with Crippen LogP contribution in [-0.4, -0.2) is 10.7 Å². The van der Waals surface area contributed by atoms with Crippen molar-refractivity contribution in [2.75, 3.05) is 0 Å². The maximum Gasteiger partial charge on any atom is 0.0690 e. The van der Waals surface area contributed by atoms with Crippen molar-refractivity contribution in [3.05, 3.63) is 34.9 Å². The first-order chi connectivity index (χ1) is 8.65. The number of aryl methyl sites for hydroxylation is 2. The van der Waals surface area contributed by atoms with E-state index in [4.69, 9.17) is 0 Å². The van der Waals surface area contributed by atoms with Crippen LogP contribution >= 0.6 is 0 Å². The third kappa shape index (κ3) is 2.47. The Morgan fingerprint density at radius 2 is 2.06 bits per heavy atom. The lowest BCUT2D eigenvalue weighted by molar-refractivity contribution is -0.0123. The normalized spacial score (nSPS) is 31.3. The van der Waals surface area contributed by atoms with Gasteiger partial charge in [0.15, 0.2) is 0 Å². The summed E-state index contributed by atoms with van der Waals surface area (Å²) in [4.78, 5) is 0. The van der Waals surface area contributed by atoms with E-state index in [0.29, 0.717) is 5.92 Å². The van der Waals surface area contributed by atoms with E-state index >= 15 is 0 Å². The predicted molar refractivity (Wildman–Crippen MR) is 74.8 cm³/mol. The zero-order valence-electron chi connectivity index (χ0n) is 11.4. The third-order valence-corrected chi connectivity index (χ3v) is 4.76. The number of fused-ring (bicyclic) bond motifs is 1. The summed E-state index contributed by atoms with van der Waals surface area (Å²) in [7, 11) is 0. The molecule has 1 nitrogen and oxygen atoms in total. The number of rotatable bonds is 2. The van der Waals surface area contributed by atoms with Crippen LogP contribution in [0.1, 0.15) is 55.7 Å². The molecule has 0 aliphatic heterocycles. The molecule has 0 heterocycles. The van der Waals surface area contributed by atoms with Crippen molar-refractivity contribution in [3.63, 3.8) is 0 Å². The fourth-order valence-corrected chi connectivity index (χ4v) is 3.91. The molecule has 1 fully saturated rings. The summed E-state index contributed by atoms with van der Waals surface area (Å²) in [6, 6.07) is 6.87. The molecule has 2 unspecified atom stereocenters. The predicted octanol–water partition coefficient (Wildman–Crippen LogP) is 3.66. The van der Waals surface area contributed by atoms with Crippen molar-refractivity contribution < 1.29 is 5.11 Å². The molecule has 1 N–H and O–H groups in total. The van der Waals surface area contributed by atoms with Gasteiger partial charge in [-0.2, -0.15) is 0 Å². The maximum absolute atomic E-state index is 10.7. The second-order valence-electron chi connectivity index (χ2n) is 6.56. The van der Waals surface area contributed by atoms with Gasteiger partial charge >= 0.3 is 0 Å². The quantitative estimate of drug-likeness (QED) is 0.841. The molecule has 0 radical (unpaired) electrons. The van der Waals surface area contributed by atoms with Crippen LogP contribution in [0.25, 0.3) is 0 Å². The summed E-state index contributed by atoms with van der Waals surface area (Å²) in [6.45, 7) is 2.27. The standard InChI is InChI=1S/C17H24O/c1-13-4-3-9-17(18,11-13)12-14-7-8-15-5-2-6-16(15)10-14/h7-8,10,13,18H,2-6,9,11-12H2,1H3. The summed E-state index contributed by atoms with van der Waals surface area (Å²) in [5.74, 6) is 0.679. The van der Waals surface area contributed by atoms with Crippen molar-refractivity contribution in [2.45, 2.75) is 63.9 Å². The van der Waals surface area contributed by atoms with Crippen molar-refractivity contribution in [1.29, 1.82) is 0 Å². The second-order valence-corrected chi connectivity index (χ2v) is 6.56. The van der Waals surface area contributed by atoms with Gasteiger partial charge in [-0.25, -0.2) is 0 Å².